The molecule has 0 atom stereocenters. The van der Waals surface area contributed by atoms with E-state index in [0.29, 0.717) is 5.41 Å². The first kappa shape index (κ1) is 18.5. The summed E-state index contributed by atoms with van der Waals surface area (Å²) in [5, 5.41) is 4.13. The number of carbonyl (C=O) groups is 1. The van der Waals surface area contributed by atoms with E-state index in [1.807, 2.05) is 42.5 Å². The van der Waals surface area contributed by atoms with Gasteiger partial charge in [0.25, 0.3) is 5.91 Å². The summed E-state index contributed by atoms with van der Waals surface area (Å²) in [6.07, 6.45) is 9.09. The van der Waals surface area contributed by atoms with E-state index < -0.39 is 0 Å². The standard InChI is InChI=1S/C24H25N3OS/c1-29-18-7-8-19(21(16-18)27-14-11-24(9-10-24)12-15-27)23(28)26-20-6-2-4-17-5-3-13-25-22(17)20/h2-8,13,16H,9-12,14-15H2,1H3,(H,26,28). The Morgan fingerprint density at radius 3 is 2.62 bits per heavy atom. The Labute approximate surface area is 175 Å². The molecule has 0 bridgehead atoms. The minimum atomic E-state index is -0.0717. The van der Waals surface area contributed by atoms with Gasteiger partial charge in [0.15, 0.2) is 0 Å². The van der Waals surface area contributed by atoms with Crippen molar-refractivity contribution in [3.8, 4) is 0 Å². The van der Waals surface area contributed by atoms with Crippen LogP contribution in [0.3, 0.4) is 0 Å². The van der Waals surface area contributed by atoms with E-state index in [9.17, 15) is 4.79 Å². The van der Waals surface area contributed by atoms with Gasteiger partial charge in [0.05, 0.1) is 22.5 Å². The van der Waals surface area contributed by atoms with E-state index in [1.165, 1.54) is 30.6 Å². The van der Waals surface area contributed by atoms with Crippen LogP contribution >= 0.6 is 11.8 Å². The second-order valence-electron chi connectivity index (χ2n) is 8.20. The summed E-state index contributed by atoms with van der Waals surface area (Å²) in [6, 6.07) is 16.0. The van der Waals surface area contributed by atoms with Crippen LogP contribution in [0.2, 0.25) is 0 Å². The molecule has 5 rings (SSSR count). The van der Waals surface area contributed by atoms with Gasteiger partial charge in [-0.3, -0.25) is 9.78 Å². The van der Waals surface area contributed by atoms with Crippen LogP contribution in [0.4, 0.5) is 11.4 Å². The summed E-state index contributed by atoms with van der Waals surface area (Å²) in [7, 11) is 0. The molecule has 29 heavy (non-hydrogen) atoms. The predicted molar refractivity (Wildman–Crippen MR) is 121 cm³/mol. The van der Waals surface area contributed by atoms with Crippen molar-refractivity contribution in [3.05, 3.63) is 60.3 Å². The lowest BCUT2D eigenvalue weighted by molar-refractivity contribution is 0.102. The van der Waals surface area contributed by atoms with Gasteiger partial charge in [0, 0.05) is 29.6 Å². The normalized spacial score (nSPS) is 17.5. The molecule has 1 spiro atoms. The van der Waals surface area contributed by atoms with Gasteiger partial charge in [-0.25, -0.2) is 0 Å². The Bertz CT molecular complexity index is 1060. The van der Waals surface area contributed by atoms with Crippen molar-refractivity contribution in [1.29, 1.82) is 0 Å². The summed E-state index contributed by atoms with van der Waals surface area (Å²) >= 11 is 1.72. The van der Waals surface area contributed by atoms with Crippen molar-refractivity contribution in [2.45, 2.75) is 30.6 Å². The van der Waals surface area contributed by atoms with Crippen LogP contribution in [0.15, 0.2) is 59.6 Å². The molecule has 0 unspecified atom stereocenters. The summed E-state index contributed by atoms with van der Waals surface area (Å²) in [4.78, 5) is 21.3. The number of carbonyl (C=O) groups excluding carboxylic acids is 1. The average molecular weight is 404 g/mol. The van der Waals surface area contributed by atoms with Crippen LogP contribution in [0.5, 0.6) is 0 Å². The summed E-state index contributed by atoms with van der Waals surface area (Å²) in [5.74, 6) is -0.0717. The lowest BCUT2D eigenvalue weighted by Crippen LogP contribution is -2.35. The third-order valence-electron chi connectivity index (χ3n) is 6.45. The molecule has 3 aromatic rings. The van der Waals surface area contributed by atoms with E-state index in [2.05, 4.69) is 27.5 Å². The van der Waals surface area contributed by atoms with Gasteiger partial charge in [-0.05, 0) is 67.7 Å². The molecule has 1 aliphatic heterocycles. The monoisotopic (exact) mass is 403 g/mol. The highest BCUT2D eigenvalue weighted by atomic mass is 32.2. The Hall–Kier alpha value is -2.53. The number of thioether (sulfide) groups is 1. The molecule has 2 fully saturated rings. The van der Waals surface area contributed by atoms with E-state index in [0.717, 1.165) is 40.9 Å². The highest BCUT2D eigenvalue weighted by Gasteiger charge is 2.44. The number of hydrogen-bond donors (Lipinski definition) is 1. The molecule has 5 heteroatoms. The van der Waals surface area contributed by atoms with Crippen LogP contribution in [0.1, 0.15) is 36.0 Å². The molecule has 1 aromatic heterocycles. The van der Waals surface area contributed by atoms with Gasteiger partial charge >= 0.3 is 0 Å². The highest BCUT2D eigenvalue weighted by Crippen LogP contribution is 2.54. The van der Waals surface area contributed by atoms with Crippen molar-refractivity contribution in [1.82, 2.24) is 4.98 Å². The maximum Gasteiger partial charge on any atom is 0.257 e. The van der Waals surface area contributed by atoms with Gasteiger partial charge in [0.1, 0.15) is 0 Å². The molecule has 1 saturated carbocycles. The van der Waals surface area contributed by atoms with E-state index >= 15 is 0 Å². The fraction of sp³-hybridized carbons (Fsp3) is 0.333. The van der Waals surface area contributed by atoms with Crippen LogP contribution in [-0.2, 0) is 0 Å². The predicted octanol–water partition coefficient (Wildman–Crippen LogP) is 5.59. The molecule has 2 aliphatic rings. The number of aromatic nitrogens is 1. The number of nitrogens with one attached hydrogen (secondary N) is 1. The Balaban J connectivity index is 1.45. The second kappa shape index (κ2) is 7.38. The molecular weight excluding hydrogens is 378 g/mol. The third kappa shape index (κ3) is 3.60. The maximum absolute atomic E-state index is 13.3. The second-order valence-corrected chi connectivity index (χ2v) is 9.08. The number of nitrogens with zero attached hydrogens (tertiary/aromatic N) is 2. The number of benzene rings is 2. The molecule has 148 valence electrons. The zero-order valence-electron chi connectivity index (χ0n) is 16.6. The molecule has 4 nitrogen and oxygen atoms in total. The minimum absolute atomic E-state index is 0.0717. The molecule has 0 radical (unpaired) electrons. The number of piperidine rings is 1. The van der Waals surface area contributed by atoms with Gasteiger partial charge in [-0.15, -0.1) is 11.8 Å². The van der Waals surface area contributed by atoms with Crippen LogP contribution in [-0.4, -0.2) is 30.2 Å². The SMILES string of the molecule is CSc1ccc(C(=O)Nc2cccc3cccnc23)c(N2CCC3(CC2)CC3)c1. The van der Waals surface area contributed by atoms with Crippen LogP contribution < -0.4 is 10.2 Å². The number of rotatable bonds is 4. The van der Waals surface area contributed by atoms with Crippen molar-refractivity contribution in [2.24, 2.45) is 5.41 Å². The number of anilines is 2. The lowest BCUT2D eigenvalue weighted by Gasteiger charge is -2.35. The quantitative estimate of drug-likeness (QED) is 0.577. The molecule has 1 amide bonds. The fourth-order valence-electron chi connectivity index (χ4n) is 4.39. The molecule has 1 aliphatic carbocycles. The van der Waals surface area contributed by atoms with E-state index in [4.69, 9.17) is 0 Å². The van der Waals surface area contributed by atoms with E-state index in [-0.39, 0.29) is 5.91 Å². The minimum Gasteiger partial charge on any atom is -0.371 e. The van der Waals surface area contributed by atoms with Gasteiger partial charge < -0.3 is 10.2 Å². The topological polar surface area (TPSA) is 45.2 Å². The first-order valence-corrected chi connectivity index (χ1v) is 11.5. The largest absolute Gasteiger partial charge is 0.371 e. The number of para-hydroxylation sites is 1. The van der Waals surface area contributed by atoms with E-state index in [1.54, 1.807) is 18.0 Å². The Morgan fingerprint density at radius 1 is 1.07 bits per heavy atom. The molecule has 1 N–H and O–H groups in total. The first-order chi connectivity index (χ1) is 14.2. The number of amides is 1. The third-order valence-corrected chi connectivity index (χ3v) is 7.18. The zero-order valence-corrected chi connectivity index (χ0v) is 17.5. The van der Waals surface area contributed by atoms with Crippen LogP contribution in [0, 0.1) is 5.41 Å². The van der Waals surface area contributed by atoms with Gasteiger partial charge in [-0.2, -0.15) is 0 Å². The Kier molecular flexibility index (Phi) is 4.70. The number of hydrogen-bond acceptors (Lipinski definition) is 4. The highest BCUT2D eigenvalue weighted by molar-refractivity contribution is 7.98. The zero-order chi connectivity index (χ0) is 19.8. The van der Waals surface area contributed by atoms with Crippen molar-refractivity contribution in [3.63, 3.8) is 0 Å². The van der Waals surface area contributed by atoms with Crippen molar-refractivity contribution in [2.75, 3.05) is 29.6 Å². The molecule has 1 saturated heterocycles. The summed E-state index contributed by atoms with van der Waals surface area (Å²) in [6.45, 7) is 2.07. The van der Waals surface area contributed by atoms with Crippen LogP contribution in [0.25, 0.3) is 10.9 Å². The Morgan fingerprint density at radius 2 is 1.86 bits per heavy atom. The molecule has 2 heterocycles. The lowest BCUT2D eigenvalue weighted by atomic mass is 9.93. The number of pyridine rings is 1. The fourth-order valence-corrected chi connectivity index (χ4v) is 4.82. The van der Waals surface area contributed by atoms with Gasteiger partial charge in [0.2, 0.25) is 0 Å². The number of fused-ring (bicyclic) bond motifs is 1. The van der Waals surface area contributed by atoms with Crippen molar-refractivity contribution < 1.29 is 4.79 Å². The first-order valence-electron chi connectivity index (χ1n) is 10.3. The maximum atomic E-state index is 13.3. The smallest absolute Gasteiger partial charge is 0.257 e. The summed E-state index contributed by atoms with van der Waals surface area (Å²) in [5.41, 5.74) is 3.98. The molecule has 2 aromatic carbocycles. The molecular formula is C24H25N3OS. The average Bonchev–Trinajstić information content (AvgIpc) is 3.53. The summed E-state index contributed by atoms with van der Waals surface area (Å²) < 4.78 is 0. The van der Waals surface area contributed by atoms with Gasteiger partial charge in [-0.1, -0.05) is 18.2 Å². The van der Waals surface area contributed by atoms with Crippen molar-refractivity contribution >= 4 is 39.9 Å².